The Hall–Kier alpha value is -1.76. The van der Waals surface area contributed by atoms with E-state index >= 15 is 0 Å². The van der Waals surface area contributed by atoms with Crippen LogP contribution in [0.5, 0.6) is 5.88 Å². The second kappa shape index (κ2) is 4.47. The van der Waals surface area contributed by atoms with Gasteiger partial charge < -0.3 is 14.9 Å². The molecule has 0 atom stereocenters. The van der Waals surface area contributed by atoms with Gasteiger partial charge in [0, 0.05) is 0 Å². The minimum atomic E-state index is -0.536. The summed E-state index contributed by atoms with van der Waals surface area (Å²) in [6.07, 6.45) is 0. The minimum Gasteiger partial charge on any atom is -0.481 e. The number of nitrogens with two attached hydrogens (primary N) is 1. The molecule has 0 aliphatic heterocycles. The zero-order chi connectivity index (χ0) is 10.6. The smallest absolute Gasteiger partial charge is 0.347 e. The fraction of sp³-hybridized carbons (Fsp3) is 0.429. The van der Waals surface area contributed by atoms with Crippen molar-refractivity contribution in [3.8, 4) is 5.88 Å². The Morgan fingerprint density at radius 3 is 2.93 bits per heavy atom. The third-order valence-corrected chi connectivity index (χ3v) is 1.55. The third kappa shape index (κ3) is 1.77. The van der Waals surface area contributed by atoms with Gasteiger partial charge in [-0.2, -0.15) is 5.10 Å². The van der Waals surface area contributed by atoms with Crippen molar-refractivity contribution in [3.63, 3.8) is 0 Å². The number of ether oxygens (including phenoxy) is 2. The van der Waals surface area contributed by atoms with Crippen molar-refractivity contribution < 1.29 is 14.3 Å². The van der Waals surface area contributed by atoms with E-state index in [4.69, 9.17) is 15.3 Å². The summed E-state index contributed by atoms with van der Waals surface area (Å²) >= 11 is 0. The van der Waals surface area contributed by atoms with E-state index < -0.39 is 5.97 Å². The van der Waals surface area contributed by atoms with Crippen LogP contribution < -0.4 is 16.0 Å². The zero-order valence-corrected chi connectivity index (χ0v) is 7.96. The molecule has 0 aliphatic carbocycles. The molecule has 7 nitrogen and oxygen atoms in total. The van der Waals surface area contributed by atoms with Gasteiger partial charge in [-0.3, -0.25) is 0 Å². The Morgan fingerprint density at radius 1 is 1.71 bits per heavy atom. The first-order valence-electron chi connectivity index (χ1n) is 4.00. The summed E-state index contributed by atoms with van der Waals surface area (Å²) in [5.74, 6) is 5.03. The molecule has 1 rings (SSSR count). The summed E-state index contributed by atoms with van der Waals surface area (Å²) in [6.45, 7) is 1.98. The number of carbonyl (C=O) groups is 1. The van der Waals surface area contributed by atoms with Gasteiger partial charge in [0.15, 0.2) is 11.4 Å². The predicted octanol–water partition coefficient (Wildman–Crippen LogP) is -0.119. The number of hydrogen-bond acceptors (Lipinski definition) is 6. The van der Waals surface area contributed by atoms with Crippen LogP contribution in [0.15, 0.2) is 0 Å². The first-order valence-corrected chi connectivity index (χ1v) is 4.00. The number of hydrazine groups is 1. The largest absolute Gasteiger partial charge is 0.481 e. The molecule has 1 heterocycles. The number of aromatic nitrogens is 2. The molecule has 0 radical (unpaired) electrons. The molecule has 78 valence electrons. The maximum absolute atomic E-state index is 11.4. The van der Waals surface area contributed by atoms with Gasteiger partial charge in [-0.1, -0.05) is 0 Å². The Morgan fingerprint density at radius 2 is 2.43 bits per heavy atom. The van der Waals surface area contributed by atoms with Gasteiger partial charge in [0.05, 0.1) is 13.7 Å². The van der Waals surface area contributed by atoms with Crippen molar-refractivity contribution in [2.45, 2.75) is 6.92 Å². The number of esters is 1. The molecule has 4 N–H and O–H groups in total. The van der Waals surface area contributed by atoms with Gasteiger partial charge in [-0.05, 0) is 6.92 Å². The number of carbonyl (C=O) groups excluding carboxylic acids is 1. The molecule has 0 bridgehead atoms. The van der Waals surface area contributed by atoms with Crippen LogP contribution in [0.4, 0.5) is 5.82 Å². The molecule has 14 heavy (non-hydrogen) atoms. The molecule has 0 amide bonds. The van der Waals surface area contributed by atoms with Gasteiger partial charge in [-0.15, -0.1) is 0 Å². The molecule has 0 spiro atoms. The van der Waals surface area contributed by atoms with Gasteiger partial charge >= 0.3 is 5.97 Å². The van der Waals surface area contributed by atoms with Crippen LogP contribution in [0.3, 0.4) is 0 Å². The lowest BCUT2D eigenvalue weighted by Crippen LogP contribution is -2.13. The van der Waals surface area contributed by atoms with E-state index in [1.165, 1.54) is 7.11 Å². The maximum Gasteiger partial charge on any atom is 0.347 e. The fourth-order valence-corrected chi connectivity index (χ4v) is 0.971. The van der Waals surface area contributed by atoms with Crippen molar-refractivity contribution >= 4 is 11.8 Å². The average Bonchev–Trinajstić information content (AvgIpc) is 2.60. The summed E-state index contributed by atoms with van der Waals surface area (Å²) in [4.78, 5) is 11.4. The first-order chi connectivity index (χ1) is 6.74. The van der Waals surface area contributed by atoms with Crippen LogP contribution >= 0.6 is 0 Å². The number of anilines is 1. The average molecular weight is 200 g/mol. The van der Waals surface area contributed by atoms with Gasteiger partial charge in [0.2, 0.25) is 5.88 Å². The van der Waals surface area contributed by atoms with Crippen LogP contribution in [0, 0.1) is 0 Å². The molecule has 0 fully saturated rings. The van der Waals surface area contributed by atoms with E-state index in [0.717, 1.165) is 0 Å². The summed E-state index contributed by atoms with van der Waals surface area (Å²) in [7, 11) is 1.41. The third-order valence-electron chi connectivity index (χ3n) is 1.55. The Balaban J connectivity index is 3.01. The molecule has 0 aliphatic rings. The summed E-state index contributed by atoms with van der Waals surface area (Å²) in [5, 5.41) is 6.22. The Bertz CT molecular complexity index is 301. The molecule has 0 saturated carbocycles. The fourth-order valence-electron chi connectivity index (χ4n) is 0.971. The van der Waals surface area contributed by atoms with Crippen LogP contribution in [0.25, 0.3) is 0 Å². The van der Waals surface area contributed by atoms with E-state index in [2.05, 4.69) is 15.6 Å². The maximum atomic E-state index is 11.4. The van der Waals surface area contributed by atoms with E-state index in [1.807, 2.05) is 0 Å². The highest BCUT2D eigenvalue weighted by Gasteiger charge is 2.21. The number of nitrogen functional groups attached to an aromatic ring is 1. The van der Waals surface area contributed by atoms with Crippen LogP contribution in [-0.2, 0) is 4.74 Å². The van der Waals surface area contributed by atoms with E-state index in [9.17, 15) is 4.79 Å². The summed E-state index contributed by atoms with van der Waals surface area (Å²) in [6, 6.07) is 0. The van der Waals surface area contributed by atoms with Crippen molar-refractivity contribution in [2.24, 2.45) is 5.84 Å². The van der Waals surface area contributed by atoms with E-state index in [1.54, 1.807) is 6.92 Å². The molecule has 1 aromatic rings. The SMILES string of the molecule is CCOC(=O)c1c(NN)n[nH]c1OC. The Labute approximate surface area is 80.5 Å². The lowest BCUT2D eigenvalue weighted by atomic mass is 10.3. The van der Waals surface area contributed by atoms with Crippen molar-refractivity contribution in [1.29, 1.82) is 0 Å². The van der Waals surface area contributed by atoms with Crippen LogP contribution in [0.2, 0.25) is 0 Å². The number of nitrogens with zero attached hydrogens (tertiary/aromatic N) is 1. The number of aromatic amines is 1. The monoisotopic (exact) mass is 200 g/mol. The molecule has 1 aromatic heterocycles. The molecule has 0 aromatic carbocycles. The number of nitrogens with one attached hydrogen (secondary N) is 2. The topological polar surface area (TPSA) is 102 Å². The zero-order valence-electron chi connectivity index (χ0n) is 7.96. The Kier molecular flexibility index (Phi) is 3.29. The molecule has 0 unspecified atom stereocenters. The van der Waals surface area contributed by atoms with Crippen LogP contribution in [0.1, 0.15) is 17.3 Å². The number of rotatable bonds is 4. The molecular formula is C7H12N4O3. The first kappa shape index (κ1) is 10.3. The second-order valence-corrected chi connectivity index (χ2v) is 2.35. The van der Waals surface area contributed by atoms with Crippen molar-refractivity contribution in [2.75, 3.05) is 19.1 Å². The summed E-state index contributed by atoms with van der Waals surface area (Å²) < 4.78 is 9.68. The lowest BCUT2D eigenvalue weighted by Gasteiger charge is -2.03. The van der Waals surface area contributed by atoms with Gasteiger partial charge in [-0.25, -0.2) is 15.7 Å². The number of hydrogen-bond donors (Lipinski definition) is 3. The predicted molar refractivity (Wildman–Crippen MR) is 48.9 cm³/mol. The van der Waals surface area contributed by atoms with Crippen molar-refractivity contribution in [1.82, 2.24) is 10.2 Å². The highest BCUT2D eigenvalue weighted by atomic mass is 16.5. The quantitative estimate of drug-likeness (QED) is 0.356. The van der Waals surface area contributed by atoms with Gasteiger partial charge in [0.25, 0.3) is 0 Å². The normalized spacial score (nSPS) is 9.64. The van der Waals surface area contributed by atoms with E-state index in [0.29, 0.717) is 0 Å². The molecule has 0 saturated heterocycles. The summed E-state index contributed by atoms with van der Waals surface area (Å²) in [5.41, 5.74) is 2.43. The highest BCUT2D eigenvalue weighted by Crippen LogP contribution is 2.22. The second-order valence-electron chi connectivity index (χ2n) is 2.35. The number of methoxy groups -OCH3 is 1. The van der Waals surface area contributed by atoms with E-state index in [-0.39, 0.29) is 23.9 Å². The highest BCUT2D eigenvalue weighted by molar-refractivity contribution is 5.97. The standard InChI is InChI=1S/C7H12N4O3/c1-3-14-7(12)4-5(9-8)10-11-6(4)13-2/h3,8H2,1-2H3,(H2,9,10,11). The van der Waals surface area contributed by atoms with Crippen molar-refractivity contribution in [3.05, 3.63) is 5.56 Å². The molecule has 7 heteroatoms. The number of H-pyrrole nitrogens is 1. The molecular weight excluding hydrogens is 188 g/mol. The lowest BCUT2D eigenvalue weighted by molar-refractivity contribution is 0.0524. The van der Waals surface area contributed by atoms with Crippen LogP contribution in [-0.4, -0.2) is 29.9 Å². The van der Waals surface area contributed by atoms with Gasteiger partial charge in [0.1, 0.15) is 0 Å². The minimum absolute atomic E-state index is 0.164.